The molecule has 1 atom stereocenters. The van der Waals surface area contributed by atoms with Crippen LogP contribution < -0.4 is 15.0 Å². The Hall–Kier alpha value is -2.93. The number of anilines is 1. The van der Waals surface area contributed by atoms with E-state index in [2.05, 4.69) is 25.3 Å². The Balaban J connectivity index is 1.37. The van der Waals surface area contributed by atoms with Crippen molar-refractivity contribution in [2.24, 2.45) is 0 Å². The zero-order valence-electron chi connectivity index (χ0n) is 15.5. The second-order valence-electron chi connectivity index (χ2n) is 6.68. The Morgan fingerprint density at radius 2 is 2.04 bits per heavy atom. The average Bonchev–Trinajstić information content (AvgIpc) is 3.22. The number of rotatable bonds is 6. The fraction of sp³-hybridized carbons (Fsp3) is 0.350. The molecule has 1 aromatic carbocycles. The summed E-state index contributed by atoms with van der Waals surface area (Å²) in [6.07, 6.45) is 9.84. The van der Waals surface area contributed by atoms with Crippen molar-refractivity contribution < 1.29 is 4.74 Å². The third kappa shape index (κ3) is 4.09. The molecule has 0 aliphatic carbocycles. The number of benzene rings is 1. The lowest BCUT2D eigenvalue weighted by molar-refractivity contribution is 0.411. The van der Waals surface area contributed by atoms with E-state index in [9.17, 15) is 0 Å². The predicted molar refractivity (Wildman–Crippen MR) is 104 cm³/mol. The molecule has 1 saturated heterocycles. The van der Waals surface area contributed by atoms with Crippen molar-refractivity contribution in [2.45, 2.75) is 25.4 Å². The number of methoxy groups -OCH3 is 1. The molecule has 0 bridgehead atoms. The van der Waals surface area contributed by atoms with Gasteiger partial charge in [0.1, 0.15) is 11.4 Å². The molecule has 7 nitrogen and oxygen atoms in total. The lowest BCUT2D eigenvalue weighted by Crippen LogP contribution is -2.46. The summed E-state index contributed by atoms with van der Waals surface area (Å²) in [6.45, 7) is 2.71. The Morgan fingerprint density at radius 1 is 1.19 bits per heavy atom. The Morgan fingerprint density at radius 3 is 2.89 bits per heavy atom. The zero-order valence-corrected chi connectivity index (χ0v) is 15.5. The summed E-state index contributed by atoms with van der Waals surface area (Å²) >= 11 is 0. The minimum atomic E-state index is 0.414. The summed E-state index contributed by atoms with van der Waals surface area (Å²) in [5.41, 5.74) is 2.09. The number of ether oxygens (including phenoxy) is 1. The maximum absolute atomic E-state index is 5.42. The summed E-state index contributed by atoms with van der Waals surface area (Å²) in [7, 11) is 1.68. The number of piperidine rings is 1. The molecule has 3 heterocycles. The van der Waals surface area contributed by atoms with Crippen molar-refractivity contribution in [3.8, 4) is 11.4 Å². The van der Waals surface area contributed by atoms with Crippen LogP contribution in [0.4, 0.5) is 5.95 Å². The second-order valence-corrected chi connectivity index (χ2v) is 6.68. The first-order valence-corrected chi connectivity index (χ1v) is 9.26. The molecule has 0 radical (unpaired) electrons. The second kappa shape index (κ2) is 8.18. The highest BCUT2D eigenvalue weighted by Gasteiger charge is 2.21. The monoisotopic (exact) mass is 364 g/mol. The van der Waals surface area contributed by atoms with Crippen LogP contribution in [0.5, 0.6) is 5.75 Å². The lowest BCUT2D eigenvalue weighted by Gasteiger charge is -2.33. The molecule has 1 N–H and O–H groups in total. The van der Waals surface area contributed by atoms with Crippen LogP contribution >= 0.6 is 0 Å². The van der Waals surface area contributed by atoms with E-state index in [1.54, 1.807) is 19.5 Å². The highest BCUT2D eigenvalue weighted by atomic mass is 16.5. The van der Waals surface area contributed by atoms with Crippen LogP contribution in [-0.2, 0) is 6.54 Å². The van der Waals surface area contributed by atoms with Crippen LogP contribution in [0, 0.1) is 0 Å². The van der Waals surface area contributed by atoms with Crippen molar-refractivity contribution in [1.82, 2.24) is 25.1 Å². The number of nitrogens with one attached hydrogen (secondary N) is 1. The van der Waals surface area contributed by atoms with Crippen molar-refractivity contribution >= 4 is 5.95 Å². The van der Waals surface area contributed by atoms with Crippen LogP contribution in [0.3, 0.4) is 0 Å². The lowest BCUT2D eigenvalue weighted by atomic mass is 10.1. The van der Waals surface area contributed by atoms with E-state index >= 15 is 0 Å². The van der Waals surface area contributed by atoms with Gasteiger partial charge >= 0.3 is 0 Å². The van der Waals surface area contributed by atoms with Gasteiger partial charge in [0.05, 0.1) is 13.3 Å². The fourth-order valence-corrected chi connectivity index (χ4v) is 3.44. The molecule has 4 rings (SSSR count). The molecule has 3 aromatic rings. The highest BCUT2D eigenvalue weighted by Crippen LogP contribution is 2.21. The largest absolute Gasteiger partial charge is 0.494 e. The molecule has 0 spiro atoms. The summed E-state index contributed by atoms with van der Waals surface area (Å²) in [4.78, 5) is 11.0. The molecule has 0 saturated carbocycles. The van der Waals surface area contributed by atoms with Gasteiger partial charge in [0.25, 0.3) is 0 Å². The molecular weight excluding hydrogens is 340 g/mol. The number of hydrogen-bond acceptors (Lipinski definition) is 6. The summed E-state index contributed by atoms with van der Waals surface area (Å²) < 4.78 is 7.29. The smallest absolute Gasteiger partial charge is 0.225 e. The molecule has 7 heteroatoms. The first-order valence-electron chi connectivity index (χ1n) is 9.26. The molecule has 0 amide bonds. The SMILES string of the molecule is COc1ccccc1-n1cc(CNC2CCCN(c3ncccn3)C2)cn1. The topological polar surface area (TPSA) is 68.1 Å². The first kappa shape index (κ1) is 17.5. The van der Waals surface area contributed by atoms with Gasteiger partial charge in [-0.1, -0.05) is 12.1 Å². The summed E-state index contributed by atoms with van der Waals surface area (Å²) in [5.74, 6) is 1.62. The minimum absolute atomic E-state index is 0.414. The van der Waals surface area contributed by atoms with Crippen molar-refractivity contribution in [1.29, 1.82) is 0 Å². The van der Waals surface area contributed by atoms with Gasteiger partial charge in [-0.15, -0.1) is 0 Å². The van der Waals surface area contributed by atoms with Crippen molar-refractivity contribution in [3.05, 3.63) is 60.7 Å². The van der Waals surface area contributed by atoms with Gasteiger partial charge in [0, 0.05) is 49.8 Å². The van der Waals surface area contributed by atoms with Gasteiger partial charge in [-0.3, -0.25) is 0 Å². The van der Waals surface area contributed by atoms with Gasteiger partial charge < -0.3 is 15.0 Å². The van der Waals surface area contributed by atoms with E-state index in [0.29, 0.717) is 6.04 Å². The molecule has 1 aliphatic heterocycles. The van der Waals surface area contributed by atoms with E-state index in [1.807, 2.05) is 47.4 Å². The van der Waals surface area contributed by atoms with Crippen LogP contribution in [-0.4, -0.2) is 46.0 Å². The number of nitrogens with zero attached hydrogens (tertiary/aromatic N) is 5. The van der Waals surface area contributed by atoms with Crippen molar-refractivity contribution in [3.63, 3.8) is 0 Å². The number of aromatic nitrogens is 4. The quantitative estimate of drug-likeness (QED) is 0.725. The average molecular weight is 364 g/mol. The van der Waals surface area contributed by atoms with Gasteiger partial charge in [-0.05, 0) is 31.0 Å². The van der Waals surface area contributed by atoms with E-state index in [4.69, 9.17) is 4.74 Å². The van der Waals surface area contributed by atoms with Crippen LogP contribution in [0.25, 0.3) is 5.69 Å². The molecule has 2 aromatic heterocycles. The van der Waals surface area contributed by atoms with Crippen LogP contribution in [0.1, 0.15) is 18.4 Å². The maximum atomic E-state index is 5.42. The van der Waals surface area contributed by atoms with E-state index < -0.39 is 0 Å². The number of hydrogen-bond donors (Lipinski definition) is 1. The summed E-state index contributed by atoms with van der Waals surface area (Å²) in [6, 6.07) is 10.2. The van der Waals surface area contributed by atoms with Crippen molar-refractivity contribution in [2.75, 3.05) is 25.1 Å². The summed E-state index contributed by atoms with van der Waals surface area (Å²) in [5, 5.41) is 8.14. The predicted octanol–water partition coefficient (Wildman–Crippen LogP) is 2.43. The van der Waals surface area contributed by atoms with Gasteiger partial charge in [-0.25, -0.2) is 14.6 Å². The third-order valence-corrected chi connectivity index (χ3v) is 4.82. The first-order chi connectivity index (χ1) is 13.3. The molecule has 1 unspecified atom stereocenters. The van der Waals surface area contributed by atoms with Gasteiger partial charge in [0.2, 0.25) is 5.95 Å². The minimum Gasteiger partial charge on any atom is -0.494 e. The molecule has 27 heavy (non-hydrogen) atoms. The molecule has 140 valence electrons. The molecule has 1 fully saturated rings. The Kier molecular flexibility index (Phi) is 5.29. The molecule has 1 aliphatic rings. The Bertz CT molecular complexity index is 866. The van der Waals surface area contributed by atoms with E-state index in [0.717, 1.165) is 55.4 Å². The third-order valence-electron chi connectivity index (χ3n) is 4.82. The highest BCUT2D eigenvalue weighted by molar-refractivity contribution is 5.46. The number of para-hydroxylation sites is 2. The van der Waals surface area contributed by atoms with Gasteiger partial charge in [0.15, 0.2) is 0 Å². The van der Waals surface area contributed by atoms with Crippen LogP contribution in [0.2, 0.25) is 0 Å². The fourth-order valence-electron chi connectivity index (χ4n) is 3.44. The zero-order chi connectivity index (χ0) is 18.5. The normalized spacial score (nSPS) is 17.1. The maximum Gasteiger partial charge on any atom is 0.225 e. The van der Waals surface area contributed by atoms with E-state index in [-0.39, 0.29) is 0 Å². The van der Waals surface area contributed by atoms with E-state index in [1.165, 1.54) is 0 Å². The van der Waals surface area contributed by atoms with Crippen LogP contribution in [0.15, 0.2) is 55.1 Å². The standard InChI is InChI=1S/C20H24N6O/c1-27-19-8-3-2-7-18(19)26-14-16(13-24-26)12-23-17-6-4-11-25(15-17)20-21-9-5-10-22-20/h2-3,5,7-10,13-14,17,23H,4,6,11-12,15H2,1H3. The van der Waals surface area contributed by atoms with Gasteiger partial charge in [-0.2, -0.15) is 5.10 Å². The Labute approximate surface area is 159 Å². The molecular formula is C20H24N6O.